The second-order valence-electron chi connectivity index (χ2n) is 7.26. The maximum atomic E-state index is 6.24. The molecule has 0 bridgehead atoms. The van der Waals surface area contributed by atoms with Gasteiger partial charge in [0, 0.05) is 17.8 Å². The summed E-state index contributed by atoms with van der Waals surface area (Å²) < 4.78 is 6.24. The monoisotopic (exact) mass is 367 g/mol. The van der Waals surface area contributed by atoms with Crippen molar-refractivity contribution in [2.24, 2.45) is 0 Å². The highest BCUT2D eigenvalue weighted by atomic mass is 16.5. The predicted octanol–water partition coefficient (Wildman–Crippen LogP) is 6.65. The summed E-state index contributed by atoms with van der Waals surface area (Å²) in [4.78, 5) is 0. The van der Waals surface area contributed by atoms with Gasteiger partial charge in [-0.2, -0.15) is 0 Å². The molecule has 0 saturated heterocycles. The Morgan fingerprint density at radius 2 is 1.57 bits per heavy atom. The van der Waals surface area contributed by atoms with Gasteiger partial charge in [-0.15, -0.1) is 0 Å². The van der Waals surface area contributed by atoms with Crippen LogP contribution in [0.5, 0.6) is 5.75 Å². The van der Waals surface area contributed by atoms with Crippen LogP contribution in [0.25, 0.3) is 10.8 Å². The first-order valence-corrected chi connectivity index (χ1v) is 9.68. The van der Waals surface area contributed by atoms with Crippen molar-refractivity contribution in [2.75, 3.05) is 5.32 Å². The first kappa shape index (κ1) is 18.1. The second-order valence-corrected chi connectivity index (χ2v) is 7.26. The molecule has 0 amide bonds. The average Bonchev–Trinajstić information content (AvgIpc) is 2.72. The van der Waals surface area contributed by atoms with Crippen LogP contribution >= 0.6 is 0 Å². The van der Waals surface area contributed by atoms with E-state index in [1.807, 2.05) is 0 Å². The van der Waals surface area contributed by atoms with Gasteiger partial charge < -0.3 is 10.1 Å². The molecule has 4 rings (SSSR count). The summed E-state index contributed by atoms with van der Waals surface area (Å²) in [7, 11) is 0. The molecule has 2 nitrogen and oxygen atoms in total. The fourth-order valence-electron chi connectivity index (χ4n) is 3.42. The maximum absolute atomic E-state index is 6.24. The molecule has 2 heteroatoms. The lowest BCUT2D eigenvalue weighted by Crippen LogP contribution is -2.05. The Labute approximate surface area is 166 Å². The summed E-state index contributed by atoms with van der Waals surface area (Å²) in [6.07, 6.45) is 0. The van der Waals surface area contributed by atoms with E-state index in [9.17, 15) is 0 Å². The summed E-state index contributed by atoms with van der Waals surface area (Å²) in [6.45, 7) is 5.49. The van der Waals surface area contributed by atoms with Crippen molar-refractivity contribution in [3.8, 4) is 5.75 Å². The van der Waals surface area contributed by atoms with Gasteiger partial charge in [0.15, 0.2) is 0 Å². The highest BCUT2D eigenvalue weighted by molar-refractivity contribution is 5.88. The molecule has 0 fully saturated rings. The number of nitrogens with one attached hydrogen (secondary N) is 1. The number of ether oxygens (including phenoxy) is 1. The summed E-state index contributed by atoms with van der Waals surface area (Å²) >= 11 is 0. The van der Waals surface area contributed by atoms with Gasteiger partial charge in [0.1, 0.15) is 12.4 Å². The zero-order chi connectivity index (χ0) is 19.3. The Morgan fingerprint density at radius 1 is 0.750 bits per heavy atom. The third-order valence-corrected chi connectivity index (χ3v) is 5.00. The van der Waals surface area contributed by atoms with Gasteiger partial charge in [-0.3, -0.25) is 0 Å². The number of fused-ring (bicyclic) bond motifs is 1. The van der Waals surface area contributed by atoms with Gasteiger partial charge in [-0.25, -0.2) is 0 Å². The van der Waals surface area contributed by atoms with E-state index in [4.69, 9.17) is 4.74 Å². The highest BCUT2D eigenvalue weighted by Crippen LogP contribution is 2.30. The van der Waals surface area contributed by atoms with Crippen molar-refractivity contribution in [3.05, 3.63) is 107 Å². The fourth-order valence-corrected chi connectivity index (χ4v) is 3.42. The molecule has 1 N–H and O–H groups in total. The smallest absolute Gasteiger partial charge is 0.125 e. The van der Waals surface area contributed by atoms with E-state index in [2.05, 4.69) is 104 Å². The zero-order valence-electron chi connectivity index (χ0n) is 16.4. The molecule has 140 valence electrons. The number of rotatable bonds is 6. The minimum absolute atomic E-state index is 0.566. The molecule has 0 heterocycles. The van der Waals surface area contributed by atoms with Crippen molar-refractivity contribution in [1.82, 2.24) is 0 Å². The average molecular weight is 367 g/mol. The predicted molar refractivity (Wildman–Crippen MR) is 118 cm³/mol. The van der Waals surface area contributed by atoms with Gasteiger partial charge in [0.25, 0.3) is 0 Å². The number of aryl methyl sites for hydroxylation is 2. The molecule has 4 aromatic rings. The number of benzene rings is 4. The van der Waals surface area contributed by atoms with Crippen LogP contribution < -0.4 is 10.1 Å². The molecule has 0 spiro atoms. The molecule has 0 unspecified atom stereocenters. The summed E-state index contributed by atoms with van der Waals surface area (Å²) in [5, 5.41) is 6.01. The maximum Gasteiger partial charge on any atom is 0.125 e. The van der Waals surface area contributed by atoms with E-state index >= 15 is 0 Å². The minimum atomic E-state index is 0.566. The van der Waals surface area contributed by atoms with Crippen molar-refractivity contribution in [1.29, 1.82) is 0 Å². The van der Waals surface area contributed by atoms with Crippen molar-refractivity contribution in [3.63, 3.8) is 0 Å². The van der Waals surface area contributed by atoms with Crippen molar-refractivity contribution >= 4 is 16.5 Å². The molecule has 0 aliphatic heterocycles. The van der Waals surface area contributed by atoms with Gasteiger partial charge in [-0.05, 0) is 53.9 Å². The molecule has 0 saturated carbocycles. The van der Waals surface area contributed by atoms with E-state index < -0.39 is 0 Å². The molecular formula is C26H25NO. The SMILES string of the molecule is Cc1ccc(COc2ccc3ccccc3c2CNc2cccc(C)c2)cc1. The number of hydrogen-bond donors (Lipinski definition) is 1. The molecule has 0 aliphatic rings. The Balaban J connectivity index is 1.61. The van der Waals surface area contributed by atoms with Gasteiger partial charge in [0.05, 0.1) is 0 Å². The lowest BCUT2D eigenvalue weighted by atomic mass is 10.0. The first-order chi connectivity index (χ1) is 13.7. The fraction of sp³-hybridized carbons (Fsp3) is 0.154. The first-order valence-electron chi connectivity index (χ1n) is 9.68. The summed E-state index contributed by atoms with van der Waals surface area (Å²) in [6, 6.07) is 29.7. The Morgan fingerprint density at radius 3 is 2.39 bits per heavy atom. The zero-order valence-corrected chi connectivity index (χ0v) is 16.4. The van der Waals surface area contributed by atoms with Gasteiger partial charge >= 0.3 is 0 Å². The van der Waals surface area contributed by atoms with Crippen LogP contribution in [-0.2, 0) is 13.2 Å². The largest absolute Gasteiger partial charge is 0.489 e. The quantitative estimate of drug-likeness (QED) is 0.412. The van der Waals surface area contributed by atoms with Crippen LogP contribution in [0.3, 0.4) is 0 Å². The Hall–Kier alpha value is -3.26. The number of anilines is 1. The molecule has 0 radical (unpaired) electrons. The van der Waals surface area contributed by atoms with Crippen molar-refractivity contribution < 1.29 is 4.74 Å². The molecule has 0 aromatic heterocycles. The Bertz CT molecular complexity index is 1080. The number of hydrogen-bond acceptors (Lipinski definition) is 2. The molecule has 0 atom stereocenters. The lowest BCUT2D eigenvalue weighted by Gasteiger charge is -2.16. The van der Waals surface area contributed by atoms with Crippen LogP contribution in [0.4, 0.5) is 5.69 Å². The molecular weight excluding hydrogens is 342 g/mol. The van der Waals surface area contributed by atoms with Crippen LogP contribution in [0, 0.1) is 13.8 Å². The van der Waals surface area contributed by atoms with Gasteiger partial charge in [0.2, 0.25) is 0 Å². The van der Waals surface area contributed by atoms with Gasteiger partial charge in [-0.1, -0.05) is 72.3 Å². The Kier molecular flexibility index (Phi) is 5.29. The summed E-state index contributed by atoms with van der Waals surface area (Å²) in [5.41, 5.74) is 6.00. The van der Waals surface area contributed by atoms with E-state index in [1.54, 1.807) is 0 Å². The third-order valence-electron chi connectivity index (χ3n) is 5.00. The van der Waals surface area contributed by atoms with E-state index in [1.165, 1.54) is 33.0 Å². The van der Waals surface area contributed by atoms with Crippen LogP contribution in [-0.4, -0.2) is 0 Å². The van der Waals surface area contributed by atoms with Crippen LogP contribution in [0.15, 0.2) is 84.9 Å². The van der Waals surface area contributed by atoms with Crippen LogP contribution in [0.2, 0.25) is 0 Å². The topological polar surface area (TPSA) is 21.3 Å². The van der Waals surface area contributed by atoms with Crippen molar-refractivity contribution in [2.45, 2.75) is 27.0 Å². The van der Waals surface area contributed by atoms with E-state index in [0.717, 1.165) is 11.4 Å². The molecule has 28 heavy (non-hydrogen) atoms. The minimum Gasteiger partial charge on any atom is -0.489 e. The second kappa shape index (κ2) is 8.18. The third kappa shape index (κ3) is 4.17. The molecule has 0 aliphatic carbocycles. The normalized spacial score (nSPS) is 10.8. The standard InChI is InChI=1S/C26H25NO/c1-19-10-12-21(13-11-19)18-28-26-15-14-22-7-3-4-9-24(22)25(26)17-27-23-8-5-6-20(2)16-23/h3-16,27H,17-18H2,1-2H3. The van der Waals surface area contributed by atoms with Crippen LogP contribution in [0.1, 0.15) is 22.3 Å². The highest BCUT2D eigenvalue weighted by Gasteiger charge is 2.09. The van der Waals surface area contributed by atoms with E-state index in [0.29, 0.717) is 13.2 Å². The molecule has 4 aromatic carbocycles. The summed E-state index contributed by atoms with van der Waals surface area (Å²) in [5.74, 6) is 0.930. The lowest BCUT2D eigenvalue weighted by molar-refractivity contribution is 0.304. The van der Waals surface area contributed by atoms with E-state index in [-0.39, 0.29) is 0 Å².